The van der Waals surface area contributed by atoms with E-state index in [-0.39, 0.29) is 12.0 Å². The zero-order chi connectivity index (χ0) is 15.9. The molecule has 1 saturated carbocycles. The lowest BCUT2D eigenvalue weighted by molar-refractivity contribution is 0.243. The summed E-state index contributed by atoms with van der Waals surface area (Å²) < 4.78 is 23.2. The molecule has 2 heterocycles. The SMILES string of the molecule is CCC(C1CC(N(C)c2ncnc3[nH]ccc23)C1)S(N)(=O)=O. The fraction of sp³-hybridized carbons (Fsp3) is 0.571. The molecule has 0 bridgehead atoms. The smallest absolute Gasteiger partial charge is 0.212 e. The largest absolute Gasteiger partial charge is 0.356 e. The number of hydrogen-bond donors (Lipinski definition) is 2. The lowest BCUT2D eigenvalue weighted by Crippen LogP contribution is -2.49. The topological polar surface area (TPSA) is 105 Å². The van der Waals surface area contributed by atoms with Gasteiger partial charge in [-0.15, -0.1) is 0 Å². The van der Waals surface area contributed by atoms with Crippen molar-refractivity contribution in [3.8, 4) is 0 Å². The third-order valence-electron chi connectivity index (χ3n) is 4.71. The highest BCUT2D eigenvalue weighted by molar-refractivity contribution is 7.89. The standard InChI is InChI=1S/C14H21N5O2S/c1-3-12(22(15,20)21)9-6-10(7-9)19(2)14-11-4-5-16-13(11)17-8-18-14/h4-5,8-10,12H,3,6-7H2,1-2H3,(H2,15,20,21)(H,16,17,18). The van der Waals surface area contributed by atoms with Crippen LogP contribution in [0, 0.1) is 5.92 Å². The number of anilines is 1. The van der Waals surface area contributed by atoms with E-state index < -0.39 is 15.3 Å². The first kappa shape index (κ1) is 15.2. The molecule has 2 aromatic rings. The van der Waals surface area contributed by atoms with Crippen LogP contribution in [0.25, 0.3) is 11.0 Å². The molecule has 0 aromatic carbocycles. The van der Waals surface area contributed by atoms with Crippen LogP contribution in [-0.4, -0.2) is 41.7 Å². The van der Waals surface area contributed by atoms with Crippen molar-refractivity contribution in [2.45, 2.75) is 37.5 Å². The van der Waals surface area contributed by atoms with Crippen molar-refractivity contribution in [1.29, 1.82) is 0 Å². The van der Waals surface area contributed by atoms with Gasteiger partial charge in [0, 0.05) is 19.3 Å². The molecule has 0 aliphatic heterocycles. The van der Waals surface area contributed by atoms with E-state index in [9.17, 15) is 8.42 Å². The van der Waals surface area contributed by atoms with Crippen molar-refractivity contribution >= 4 is 26.9 Å². The minimum atomic E-state index is -3.46. The van der Waals surface area contributed by atoms with Crippen molar-refractivity contribution in [3.05, 3.63) is 18.6 Å². The predicted molar refractivity (Wildman–Crippen MR) is 86.0 cm³/mol. The number of aromatic amines is 1. The molecule has 8 heteroatoms. The zero-order valence-corrected chi connectivity index (χ0v) is 13.5. The number of nitrogens with zero attached hydrogens (tertiary/aromatic N) is 3. The normalized spacial score (nSPS) is 23.2. The number of rotatable bonds is 5. The monoisotopic (exact) mass is 323 g/mol. The van der Waals surface area contributed by atoms with Gasteiger partial charge in [-0.3, -0.25) is 0 Å². The number of hydrogen-bond acceptors (Lipinski definition) is 5. The van der Waals surface area contributed by atoms with Crippen LogP contribution in [0.4, 0.5) is 5.82 Å². The summed E-state index contributed by atoms with van der Waals surface area (Å²) in [6, 6.07) is 2.24. The molecule has 0 spiro atoms. The predicted octanol–water partition coefficient (Wildman–Crippen LogP) is 1.24. The minimum absolute atomic E-state index is 0.135. The van der Waals surface area contributed by atoms with Gasteiger partial charge in [-0.1, -0.05) is 6.92 Å². The van der Waals surface area contributed by atoms with Crippen molar-refractivity contribution in [2.24, 2.45) is 11.1 Å². The Bertz CT molecular complexity index is 766. The van der Waals surface area contributed by atoms with Crippen LogP contribution < -0.4 is 10.0 Å². The number of nitrogens with two attached hydrogens (primary N) is 1. The Morgan fingerprint density at radius 3 is 2.82 bits per heavy atom. The highest BCUT2D eigenvalue weighted by Gasteiger charge is 2.41. The summed E-state index contributed by atoms with van der Waals surface area (Å²) in [7, 11) is -1.47. The second-order valence-corrected chi connectivity index (χ2v) is 7.75. The van der Waals surface area contributed by atoms with E-state index in [0.717, 1.165) is 29.7 Å². The third-order valence-corrected chi connectivity index (χ3v) is 6.28. The number of nitrogens with one attached hydrogen (secondary N) is 1. The van der Waals surface area contributed by atoms with E-state index in [0.29, 0.717) is 6.42 Å². The van der Waals surface area contributed by atoms with Gasteiger partial charge in [0.25, 0.3) is 0 Å². The van der Waals surface area contributed by atoms with Gasteiger partial charge in [0.15, 0.2) is 0 Å². The van der Waals surface area contributed by atoms with Crippen LogP contribution in [0.2, 0.25) is 0 Å². The second-order valence-electron chi connectivity index (χ2n) is 5.97. The molecule has 1 fully saturated rings. The Kier molecular flexibility index (Phi) is 3.82. The summed E-state index contributed by atoms with van der Waals surface area (Å²) in [5.74, 6) is 1.01. The Hall–Kier alpha value is -1.67. The number of aromatic nitrogens is 3. The third kappa shape index (κ3) is 2.56. The molecule has 2 aromatic heterocycles. The molecule has 1 aliphatic carbocycles. The Morgan fingerprint density at radius 1 is 1.45 bits per heavy atom. The van der Waals surface area contributed by atoms with Crippen LogP contribution in [0.3, 0.4) is 0 Å². The molecule has 1 aliphatic rings. The molecule has 1 atom stereocenters. The molecule has 0 saturated heterocycles. The molecular weight excluding hydrogens is 302 g/mol. The second kappa shape index (κ2) is 5.51. The fourth-order valence-corrected chi connectivity index (χ4v) is 4.62. The fourth-order valence-electron chi connectivity index (χ4n) is 3.40. The maximum Gasteiger partial charge on any atom is 0.212 e. The van der Waals surface area contributed by atoms with Crippen LogP contribution in [0.5, 0.6) is 0 Å². The first-order valence-corrected chi connectivity index (χ1v) is 9.05. The van der Waals surface area contributed by atoms with E-state index in [1.807, 2.05) is 26.2 Å². The zero-order valence-electron chi connectivity index (χ0n) is 12.7. The maximum absolute atomic E-state index is 11.6. The average Bonchev–Trinajstić information content (AvgIpc) is 2.88. The summed E-state index contributed by atoms with van der Waals surface area (Å²) in [6.45, 7) is 1.87. The Balaban J connectivity index is 1.74. The van der Waals surface area contributed by atoms with Crippen LogP contribution in [0.15, 0.2) is 18.6 Å². The summed E-state index contributed by atoms with van der Waals surface area (Å²) in [5, 5.41) is 5.87. The molecule has 0 amide bonds. The average molecular weight is 323 g/mol. The van der Waals surface area contributed by atoms with Crippen LogP contribution >= 0.6 is 0 Å². The first-order chi connectivity index (χ1) is 10.4. The Morgan fingerprint density at radius 2 is 2.18 bits per heavy atom. The van der Waals surface area contributed by atoms with Gasteiger partial charge < -0.3 is 9.88 Å². The van der Waals surface area contributed by atoms with Gasteiger partial charge in [-0.25, -0.2) is 23.5 Å². The molecular formula is C14H21N5O2S. The molecule has 0 radical (unpaired) electrons. The molecule has 120 valence electrons. The Labute approximate surface area is 130 Å². The summed E-state index contributed by atoms with van der Waals surface area (Å²) >= 11 is 0. The van der Waals surface area contributed by atoms with Gasteiger partial charge in [-0.2, -0.15) is 0 Å². The van der Waals surface area contributed by atoms with Gasteiger partial charge >= 0.3 is 0 Å². The van der Waals surface area contributed by atoms with Gasteiger partial charge in [0.1, 0.15) is 17.8 Å². The molecule has 3 rings (SSSR count). The summed E-state index contributed by atoms with van der Waals surface area (Å²) in [6.07, 6.45) is 5.59. The summed E-state index contributed by atoms with van der Waals surface area (Å²) in [5.41, 5.74) is 0.809. The first-order valence-electron chi connectivity index (χ1n) is 7.44. The molecule has 1 unspecified atom stereocenters. The lowest BCUT2D eigenvalue weighted by atomic mass is 9.76. The highest BCUT2D eigenvalue weighted by atomic mass is 32.2. The number of sulfonamides is 1. The number of primary sulfonamides is 1. The van der Waals surface area contributed by atoms with Crippen molar-refractivity contribution in [1.82, 2.24) is 15.0 Å². The van der Waals surface area contributed by atoms with Crippen LogP contribution in [0.1, 0.15) is 26.2 Å². The van der Waals surface area contributed by atoms with E-state index in [1.165, 1.54) is 0 Å². The number of H-pyrrole nitrogens is 1. The van der Waals surface area contributed by atoms with E-state index in [4.69, 9.17) is 5.14 Å². The quantitative estimate of drug-likeness (QED) is 0.861. The lowest BCUT2D eigenvalue weighted by Gasteiger charge is -2.44. The van der Waals surface area contributed by atoms with E-state index in [1.54, 1.807) is 6.33 Å². The van der Waals surface area contributed by atoms with Gasteiger partial charge in [0.05, 0.1) is 10.6 Å². The highest BCUT2D eigenvalue weighted by Crippen LogP contribution is 2.39. The van der Waals surface area contributed by atoms with Crippen molar-refractivity contribution in [2.75, 3.05) is 11.9 Å². The number of fused-ring (bicyclic) bond motifs is 1. The summed E-state index contributed by atoms with van der Waals surface area (Å²) in [4.78, 5) is 13.7. The molecule has 7 nitrogen and oxygen atoms in total. The van der Waals surface area contributed by atoms with Gasteiger partial charge in [0.2, 0.25) is 10.0 Å². The molecule has 3 N–H and O–H groups in total. The van der Waals surface area contributed by atoms with Crippen molar-refractivity contribution < 1.29 is 8.42 Å². The maximum atomic E-state index is 11.6. The van der Waals surface area contributed by atoms with Gasteiger partial charge in [-0.05, 0) is 31.2 Å². The van der Waals surface area contributed by atoms with E-state index in [2.05, 4.69) is 19.9 Å². The van der Waals surface area contributed by atoms with E-state index >= 15 is 0 Å². The van der Waals surface area contributed by atoms with Crippen molar-refractivity contribution in [3.63, 3.8) is 0 Å². The van der Waals surface area contributed by atoms with Crippen LogP contribution in [-0.2, 0) is 10.0 Å². The minimum Gasteiger partial charge on any atom is -0.356 e. The molecule has 22 heavy (non-hydrogen) atoms.